The summed E-state index contributed by atoms with van der Waals surface area (Å²) in [5.41, 5.74) is -0.431. The summed E-state index contributed by atoms with van der Waals surface area (Å²) in [5, 5.41) is 14.9. The number of carbonyl (C=O) groups excluding carboxylic acids is 2. The van der Waals surface area contributed by atoms with Gasteiger partial charge in [-0.05, 0) is 12.8 Å². The van der Waals surface area contributed by atoms with Crippen molar-refractivity contribution in [2.75, 3.05) is 33.2 Å². The molecule has 1 amide bonds. The Bertz CT molecular complexity index is 712. The van der Waals surface area contributed by atoms with Crippen molar-refractivity contribution < 1.29 is 23.8 Å². The van der Waals surface area contributed by atoms with Crippen LogP contribution in [0.15, 0.2) is 12.1 Å². The maximum absolute atomic E-state index is 12.2. The molecule has 8 heteroatoms. The first kappa shape index (κ1) is 21.1. The molecule has 0 spiro atoms. The zero-order valence-corrected chi connectivity index (χ0v) is 15.9. The molecule has 1 aromatic carbocycles. The van der Waals surface area contributed by atoms with E-state index in [0.717, 1.165) is 0 Å². The van der Waals surface area contributed by atoms with Crippen molar-refractivity contribution in [1.29, 1.82) is 5.26 Å². The second kappa shape index (κ2) is 8.94. The van der Waals surface area contributed by atoms with Gasteiger partial charge in [0.25, 0.3) is 0 Å². The standard InChI is InChI=1S/C18H25N3O5/c1-11(2)18(3,10-19)21-16(22)9-20-13-8-15(25-5)14(24-4)7-12(13)17(23)26-6/h7-8,11,20H,9H2,1-6H3,(H,21,22)/t18-/m0/s1. The van der Waals surface area contributed by atoms with E-state index in [1.54, 1.807) is 13.0 Å². The molecule has 0 aliphatic heterocycles. The Morgan fingerprint density at radius 2 is 1.77 bits per heavy atom. The first-order valence-corrected chi connectivity index (χ1v) is 8.02. The number of carbonyl (C=O) groups is 2. The van der Waals surface area contributed by atoms with E-state index in [9.17, 15) is 14.9 Å². The van der Waals surface area contributed by atoms with Gasteiger partial charge in [0.1, 0.15) is 5.54 Å². The maximum Gasteiger partial charge on any atom is 0.340 e. The highest BCUT2D eigenvalue weighted by Crippen LogP contribution is 2.33. The van der Waals surface area contributed by atoms with Crippen molar-refractivity contribution in [2.45, 2.75) is 26.3 Å². The minimum atomic E-state index is -0.985. The second-order valence-electron chi connectivity index (χ2n) is 6.11. The van der Waals surface area contributed by atoms with Crippen molar-refractivity contribution >= 4 is 17.6 Å². The Morgan fingerprint density at radius 3 is 2.23 bits per heavy atom. The summed E-state index contributed by atoms with van der Waals surface area (Å²) < 4.78 is 15.2. The fourth-order valence-corrected chi connectivity index (χ4v) is 2.11. The number of nitriles is 1. The van der Waals surface area contributed by atoms with Crippen LogP contribution in [0.5, 0.6) is 11.5 Å². The van der Waals surface area contributed by atoms with Gasteiger partial charge in [-0.2, -0.15) is 5.26 Å². The molecule has 1 rings (SSSR count). The maximum atomic E-state index is 12.2. The molecule has 0 saturated heterocycles. The second-order valence-corrected chi connectivity index (χ2v) is 6.11. The predicted octanol–water partition coefficient (Wildman–Crippen LogP) is 1.96. The van der Waals surface area contributed by atoms with Gasteiger partial charge in [-0.1, -0.05) is 13.8 Å². The molecule has 0 unspecified atom stereocenters. The van der Waals surface area contributed by atoms with E-state index in [4.69, 9.17) is 14.2 Å². The summed E-state index contributed by atoms with van der Waals surface area (Å²) >= 11 is 0. The van der Waals surface area contributed by atoms with Crippen molar-refractivity contribution in [3.05, 3.63) is 17.7 Å². The van der Waals surface area contributed by atoms with Crippen LogP contribution in [0.4, 0.5) is 5.69 Å². The van der Waals surface area contributed by atoms with Crippen LogP contribution >= 0.6 is 0 Å². The van der Waals surface area contributed by atoms with Crippen LogP contribution in [0.25, 0.3) is 0 Å². The molecule has 0 aliphatic rings. The lowest BCUT2D eigenvalue weighted by atomic mass is 9.90. The van der Waals surface area contributed by atoms with Crippen molar-refractivity contribution in [3.8, 4) is 17.6 Å². The zero-order chi connectivity index (χ0) is 19.9. The molecule has 26 heavy (non-hydrogen) atoms. The van der Waals surface area contributed by atoms with Crippen LogP contribution in [0.1, 0.15) is 31.1 Å². The Hall–Kier alpha value is -2.95. The average molecular weight is 363 g/mol. The van der Waals surface area contributed by atoms with Gasteiger partial charge in [0, 0.05) is 12.1 Å². The Labute approximate surface area is 153 Å². The van der Waals surface area contributed by atoms with E-state index < -0.39 is 11.5 Å². The number of ether oxygens (including phenoxy) is 3. The Balaban J connectivity index is 3.03. The van der Waals surface area contributed by atoms with Crippen LogP contribution in [0.3, 0.4) is 0 Å². The van der Waals surface area contributed by atoms with Gasteiger partial charge in [0.05, 0.1) is 45.2 Å². The van der Waals surface area contributed by atoms with E-state index in [1.807, 2.05) is 13.8 Å². The molecule has 0 bridgehead atoms. The molecule has 2 N–H and O–H groups in total. The number of nitrogens with zero attached hydrogens (tertiary/aromatic N) is 1. The highest BCUT2D eigenvalue weighted by molar-refractivity contribution is 5.97. The molecule has 1 aromatic rings. The van der Waals surface area contributed by atoms with E-state index in [0.29, 0.717) is 17.2 Å². The van der Waals surface area contributed by atoms with E-state index in [2.05, 4.69) is 16.7 Å². The van der Waals surface area contributed by atoms with Crippen LogP contribution in [0.2, 0.25) is 0 Å². The predicted molar refractivity (Wildman–Crippen MR) is 96.4 cm³/mol. The van der Waals surface area contributed by atoms with Crippen LogP contribution < -0.4 is 20.1 Å². The zero-order valence-electron chi connectivity index (χ0n) is 15.9. The lowest BCUT2D eigenvalue weighted by molar-refractivity contribution is -0.121. The minimum Gasteiger partial charge on any atom is -0.493 e. The topological polar surface area (TPSA) is 110 Å². The van der Waals surface area contributed by atoms with Gasteiger partial charge in [0.2, 0.25) is 5.91 Å². The highest BCUT2D eigenvalue weighted by atomic mass is 16.5. The third kappa shape index (κ3) is 4.79. The molecule has 0 aromatic heterocycles. The molecular weight excluding hydrogens is 338 g/mol. The largest absolute Gasteiger partial charge is 0.493 e. The van der Waals surface area contributed by atoms with Crippen molar-refractivity contribution in [1.82, 2.24) is 5.32 Å². The fourth-order valence-electron chi connectivity index (χ4n) is 2.11. The molecular formula is C18H25N3O5. The molecule has 0 fully saturated rings. The first-order chi connectivity index (χ1) is 12.2. The van der Waals surface area contributed by atoms with Gasteiger partial charge in [-0.15, -0.1) is 0 Å². The number of nitrogens with one attached hydrogen (secondary N) is 2. The Kier molecular flexibility index (Phi) is 7.26. The summed E-state index contributed by atoms with van der Waals surface area (Å²) in [6.07, 6.45) is 0. The third-order valence-corrected chi connectivity index (χ3v) is 4.15. The van der Waals surface area contributed by atoms with Crippen LogP contribution in [-0.4, -0.2) is 45.3 Å². The molecule has 0 aliphatic carbocycles. The van der Waals surface area contributed by atoms with Crippen LogP contribution in [-0.2, 0) is 9.53 Å². The summed E-state index contributed by atoms with van der Waals surface area (Å²) in [7, 11) is 4.18. The molecule has 0 heterocycles. The average Bonchev–Trinajstić information content (AvgIpc) is 2.64. The lowest BCUT2D eigenvalue weighted by Crippen LogP contribution is -2.50. The quantitative estimate of drug-likeness (QED) is 0.679. The normalized spacial score (nSPS) is 12.5. The molecule has 0 saturated carbocycles. The number of benzene rings is 1. The van der Waals surface area contributed by atoms with Gasteiger partial charge >= 0.3 is 5.97 Å². The molecule has 8 nitrogen and oxygen atoms in total. The van der Waals surface area contributed by atoms with Crippen molar-refractivity contribution in [3.63, 3.8) is 0 Å². The number of esters is 1. The minimum absolute atomic E-state index is 0.0665. The number of amides is 1. The van der Waals surface area contributed by atoms with Crippen LogP contribution in [0, 0.1) is 17.2 Å². The summed E-state index contributed by atoms with van der Waals surface area (Å²) in [5.74, 6) is -0.277. The third-order valence-electron chi connectivity index (χ3n) is 4.15. The highest BCUT2D eigenvalue weighted by Gasteiger charge is 2.30. The van der Waals surface area contributed by atoms with Crippen molar-refractivity contribution in [2.24, 2.45) is 5.92 Å². The monoisotopic (exact) mass is 363 g/mol. The number of methoxy groups -OCH3 is 3. The number of hydrogen-bond acceptors (Lipinski definition) is 7. The number of rotatable bonds is 8. The fraction of sp³-hybridized carbons (Fsp3) is 0.500. The number of hydrogen-bond donors (Lipinski definition) is 2. The summed E-state index contributed by atoms with van der Waals surface area (Å²) in [6, 6.07) is 5.13. The van der Waals surface area contributed by atoms with Gasteiger partial charge in [0.15, 0.2) is 11.5 Å². The van der Waals surface area contributed by atoms with Gasteiger partial charge < -0.3 is 24.8 Å². The molecule has 142 valence electrons. The van der Waals surface area contributed by atoms with Gasteiger partial charge in [-0.25, -0.2) is 4.79 Å². The van der Waals surface area contributed by atoms with E-state index >= 15 is 0 Å². The van der Waals surface area contributed by atoms with E-state index in [1.165, 1.54) is 27.4 Å². The van der Waals surface area contributed by atoms with E-state index in [-0.39, 0.29) is 23.9 Å². The number of anilines is 1. The Morgan fingerprint density at radius 1 is 1.19 bits per heavy atom. The SMILES string of the molecule is COC(=O)c1cc(OC)c(OC)cc1NCC(=O)N[C@@](C)(C#N)C(C)C. The smallest absolute Gasteiger partial charge is 0.340 e. The lowest BCUT2D eigenvalue weighted by Gasteiger charge is -2.27. The first-order valence-electron chi connectivity index (χ1n) is 8.02. The molecule has 0 radical (unpaired) electrons. The summed E-state index contributed by atoms with van der Waals surface area (Å²) in [4.78, 5) is 24.2. The summed E-state index contributed by atoms with van der Waals surface area (Å²) in [6.45, 7) is 5.22. The molecule has 1 atom stereocenters. The van der Waals surface area contributed by atoms with Gasteiger partial charge in [-0.3, -0.25) is 4.79 Å².